The van der Waals surface area contributed by atoms with Gasteiger partial charge in [-0.15, -0.1) is 6.58 Å². The summed E-state index contributed by atoms with van der Waals surface area (Å²) in [5.41, 5.74) is 0.345. The number of hydrogen-bond donors (Lipinski definition) is 0. The Labute approximate surface area is 181 Å². The number of benzene rings is 3. The minimum absolute atomic E-state index is 0.0373. The number of allylic oxidation sites excluding steroid dienone is 1. The molecule has 0 N–H and O–H groups in total. The van der Waals surface area contributed by atoms with Gasteiger partial charge in [0.1, 0.15) is 11.6 Å². The summed E-state index contributed by atoms with van der Waals surface area (Å²) in [5.74, 6) is -4.92. The molecule has 0 heterocycles. The summed E-state index contributed by atoms with van der Waals surface area (Å²) >= 11 is 0. The minimum Gasteiger partial charge on any atom is -0.429 e. The summed E-state index contributed by atoms with van der Waals surface area (Å²) in [4.78, 5) is 0. The van der Waals surface area contributed by atoms with Gasteiger partial charge < -0.3 is 4.74 Å². The van der Waals surface area contributed by atoms with Crippen molar-refractivity contribution in [2.45, 2.75) is 38.2 Å². The van der Waals surface area contributed by atoms with E-state index in [-0.39, 0.29) is 27.8 Å². The van der Waals surface area contributed by atoms with Crippen molar-refractivity contribution in [3.63, 3.8) is 0 Å². The van der Waals surface area contributed by atoms with Crippen molar-refractivity contribution in [3.8, 4) is 16.9 Å². The molecule has 0 amide bonds. The third-order valence-corrected chi connectivity index (χ3v) is 6.12. The zero-order valence-electron chi connectivity index (χ0n) is 17.0. The van der Waals surface area contributed by atoms with Crippen molar-refractivity contribution < 1.29 is 31.1 Å². The van der Waals surface area contributed by atoms with E-state index < -0.39 is 35.6 Å². The van der Waals surface area contributed by atoms with Gasteiger partial charge >= 0.3 is 6.61 Å². The Morgan fingerprint density at radius 1 is 0.875 bits per heavy atom. The minimum atomic E-state index is -3.40. The van der Waals surface area contributed by atoms with Crippen LogP contribution in [0.3, 0.4) is 0 Å². The van der Waals surface area contributed by atoms with Gasteiger partial charge in [-0.3, -0.25) is 0 Å². The molecule has 1 fully saturated rings. The third-order valence-electron chi connectivity index (χ3n) is 6.12. The SMILES string of the molecule is C=CC1CCC(c2cc(F)c(-c3ccc4c(F)c(OC(F)F)c(F)cc4c3)c(F)c2)CC1. The van der Waals surface area contributed by atoms with Crippen molar-refractivity contribution in [1.29, 1.82) is 0 Å². The van der Waals surface area contributed by atoms with Crippen LogP contribution in [0.25, 0.3) is 21.9 Å². The van der Waals surface area contributed by atoms with Crippen LogP contribution in [0, 0.1) is 29.2 Å². The van der Waals surface area contributed by atoms with Crippen LogP contribution in [0.5, 0.6) is 5.75 Å². The Morgan fingerprint density at radius 2 is 1.53 bits per heavy atom. The Balaban J connectivity index is 1.70. The van der Waals surface area contributed by atoms with E-state index in [1.165, 1.54) is 24.3 Å². The lowest BCUT2D eigenvalue weighted by molar-refractivity contribution is -0.0544. The molecule has 1 saturated carbocycles. The molecule has 0 radical (unpaired) electrons. The first-order valence-electron chi connectivity index (χ1n) is 10.3. The number of halogens is 6. The number of fused-ring (bicyclic) bond motifs is 1. The quantitative estimate of drug-likeness (QED) is 0.282. The van der Waals surface area contributed by atoms with E-state index >= 15 is 0 Å². The van der Waals surface area contributed by atoms with Crippen molar-refractivity contribution in [2.75, 3.05) is 0 Å². The largest absolute Gasteiger partial charge is 0.429 e. The van der Waals surface area contributed by atoms with Crippen LogP contribution in [0.15, 0.2) is 49.1 Å². The van der Waals surface area contributed by atoms with Gasteiger partial charge in [0.25, 0.3) is 0 Å². The summed E-state index contributed by atoms with van der Waals surface area (Å²) in [6.45, 7) is 0.399. The Morgan fingerprint density at radius 3 is 2.12 bits per heavy atom. The molecule has 0 bridgehead atoms. The maximum atomic E-state index is 15.0. The third kappa shape index (κ3) is 4.20. The monoisotopic (exact) mass is 450 g/mol. The lowest BCUT2D eigenvalue weighted by Gasteiger charge is -2.27. The molecule has 1 aliphatic rings. The van der Waals surface area contributed by atoms with E-state index in [0.717, 1.165) is 37.8 Å². The zero-order valence-corrected chi connectivity index (χ0v) is 17.0. The topological polar surface area (TPSA) is 9.23 Å². The van der Waals surface area contributed by atoms with Crippen molar-refractivity contribution in [1.82, 2.24) is 0 Å². The highest BCUT2D eigenvalue weighted by Gasteiger charge is 2.24. The Kier molecular flexibility index (Phi) is 6.17. The molecule has 0 unspecified atom stereocenters. The molecule has 0 atom stereocenters. The molecule has 32 heavy (non-hydrogen) atoms. The van der Waals surface area contributed by atoms with Gasteiger partial charge in [-0.1, -0.05) is 18.2 Å². The lowest BCUT2D eigenvalue weighted by atomic mass is 9.78. The van der Waals surface area contributed by atoms with Gasteiger partial charge in [0.05, 0.1) is 5.56 Å². The van der Waals surface area contributed by atoms with Gasteiger partial charge in [0, 0.05) is 5.39 Å². The molecule has 0 aliphatic heterocycles. The summed E-state index contributed by atoms with van der Waals surface area (Å²) in [6, 6.07) is 7.03. The first-order chi connectivity index (χ1) is 15.3. The van der Waals surface area contributed by atoms with E-state index in [4.69, 9.17) is 0 Å². The van der Waals surface area contributed by atoms with Crippen molar-refractivity contribution in [3.05, 3.63) is 77.9 Å². The molecule has 0 saturated heterocycles. The number of rotatable bonds is 5. The predicted molar refractivity (Wildman–Crippen MR) is 111 cm³/mol. The fourth-order valence-corrected chi connectivity index (χ4v) is 4.46. The number of alkyl halides is 2. The van der Waals surface area contributed by atoms with Crippen LogP contribution in [0.4, 0.5) is 26.3 Å². The zero-order chi connectivity index (χ0) is 23.0. The average molecular weight is 450 g/mol. The predicted octanol–water partition coefficient (Wildman–Crippen LogP) is 8.12. The standard InChI is InChI=1S/C25H20F6O/c1-2-13-3-5-14(6-4-13)16-10-19(26)22(20(27)11-16)15-7-8-18-17(9-15)12-21(28)24(23(18)29)32-25(30)31/h2,7-14,25H,1,3-6H2. The van der Waals surface area contributed by atoms with E-state index in [1.54, 1.807) is 0 Å². The van der Waals surface area contributed by atoms with Gasteiger partial charge in [0.15, 0.2) is 17.4 Å². The van der Waals surface area contributed by atoms with Gasteiger partial charge in [0.2, 0.25) is 0 Å². The smallest absolute Gasteiger partial charge is 0.387 e. The Hall–Kier alpha value is -2.96. The lowest BCUT2D eigenvalue weighted by Crippen LogP contribution is -2.12. The first kappa shape index (κ1) is 22.2. The van der Waals surface area contributed by atoms with Gasteiger partial charge in [-0.25, -0.2) is 17.6 Å². The van der Waals surface area contributed by atoms with Crippen LogP contribution in [0.2, 0.25) is 0 Å². The average Bonchev–Trinajstić information content (AvgIpc) is 2.76. The van der Waals surface area contributed by atoms with E-state index in [9.17, 15) is 26.3 Å². The van der Waals surface area contributed by atoms with Crippen LogP contribution in [-0.2, 0) is 0 Å². The maximum absolute atomic E-state index is 15.0. The molecular weight excluding hydrogens is 430 g/mol. The van der Waals surface area contributed by atoms with Gasteiger partial charge in [-0.2, -0.15) is 8.78 Å². The number of hydrogen-bond acceptors (Lipinski definition) is 1. The molecule has 1 nitrogen and oxygen atoms in total. The van der Waals surface area contributed by atoms with E-state index in [2.05, 4.69) is 11.3 Å². The molecule has 3 aromatic rings. The molecule has 0 spiro atoms. The Bertz CT molecular complexity index is 1140. The summed E-state index contributed by atoms with van der Waals surface area (Å²) in [6.07, 6.45) is 5.36. The molecule has 1 aliphatic carbocycles. The number of ether oxygens (including phenoxy) is 1. The molecule has 0 aromatic heterocycles. The first-order valence-corrected chi connectivity index (χ1v) is 10.3. The summed E-state index contributed by atoms with van der Waals surface area (Å²) in [5, 5.41) is -0.244. The highest BCUT2D eigenvalue weighted by Crippen LogP contribution is 2.39. The fourth-order valence-electron chi connectivity index (χ4n) is 4.46. The van der Waals surface area contributed by atoms with Crippen LogP contribution >= 0.6 is 0 Å². The van der Waals surface area contributed by atoms with Crippen LogP contribution in [-0.4, -0.2) is 6.61 Å². The fraction of sp³-hybridized carbons (Fsp3) is 0.280. The molecule has 168 valence electrons. The van der Waals surface area contributed by atoms with E-state index in [1.807, 2.05) is 6.08 Å². The summed E-state index contributed by atoms with van der Waals surface area (Å²) in [7, 11) is 0. The summed E-state index contributed by atoms with van der Waals surface area (Å²) < 4.78 is 87.2. The molecule has 3 aromatic carbocycles. The highest BCUT2D eigenvalue weighted by molar-refractivity contribution is 5.89. The van der Waals surface area contributed by atoms with Gasteiger partial charge in [-0.05, 0) is 78.3 Å². The van der Waals surface area contributed by atoms with E-state index in [0.29, 0.717) is 11.5 Å². The second kappa shape index (κ2) is 8.88. The van der Waals surface area contributed by atoms with Crippen molar-refractivity contribution >= 4 is 10.8 Å². The maximum Gasteiger partial charge on any atom is 0.387 e. The second-order valence-corrected chi connectivity index (χ2v) is 8.02. The molecule has 4 rings (SSSR count). The van der Waals surface area contributed by atoms with Crippen molar-refractivity contribution in [2.24, 2.45) is 5.92 Å². The molecular formula is C25H20F6O. The van der Waals surface area contributed by atoms with Crippen LogP contribution < -0.4 is 4.74 Å². The second-order valence-electron chi connectivity index (χ2n) is 8.02. The highest BCUT2D eigenvalue weighted by atomic mass is 19.3. The molecule has 7 heteroatoms. The normalized spacial score (nSPS) is 18.8. The van der Waals surface area contributed by atoms with Crippen LogP contribution in [0.1, 0.15) is 37.2 Å².